The van der Waals surface area contributed by atoms with Crippen molar-refractivity contribution < 1.29 is 14.3 Å². The molecule has 4 unspecified atom stereocenters. The Morgan fingerprint density at radius 3 is 2.70 bits per heavy atom. The molecule has 0 aliphatic carbocycles. The van der Waals surface area contributed by atoms with Crippen molar-refractivity contribution in [2.75, 3.05) is 37.6 Å². The third-order valence-electron chi connectivity index (χ3n) is 9.12. The van der Waals surface area contributed by atoms with Crippen molar-refractivity contribution in [2.45, 2.75) is 71.9 Å². The lowest BCUT2D eigenvalue weighted by Gasteiger charge is -2.34. The molecule has 0 radical (unpaired) electrons. The summed E-state index contributed by atoms with van der Waals surface area (Å²) in [6.45, 7) is 14.8. The molecule has 216 valence electrons. The van der Waals surface area contributed by atoms with Crippen molar-refractivity contribution in [1.82, 2.24) is 20.9 Å². The van der Waals surface area contributed by atoms with Crippen LogP contribution < -0.4 is 25.6 Å². The summed E-state index contributed by atoms with van der Waals surface area (Å²) in [4.78, 5) is 33.4. The number of ether oxygens (including phenoxy) is 1. The van der Waals surface area contributed by atoms with Crippen molar-refractivity contribution in [3.63, 3.8) is 0 Å². The van der Waals surface area contributed by atoms with Crippen LogP contribution in [0.4, 0.5) is 5.82 Å². The van der Waals surface area contributed by atoms with Gasteiger partial charge in [0.25, 0.3) is 5.91 Å². The zero-order valence-electron chi connectivity index (χ0n) is 24.7. The molecule has 2 aromatic rings. The van der Waals surface area contributed by atoms with E-state index in [-0.39, 0.29) is 35.3 Å². The van der Waals surface area contributed by atoms with Crippen LogP contribution in [0, 0.1) is 17.8 Å². The van der Waals surface area contributed by atoms with Crippen LogP contribution in [0.3, 0.4) is 0 Å². The monoisotopic (exact) mass is 547 g/mol. The van der Waals surface area contributed by atoms with E-state index in [9.17, 15) is 9.59 Å². The Kier molecular flexibility index (Phi) is 8.36. The van der Waals surface area contributed by atoms with Crippen molar-refractivity contribution >= 4 is 17.6 Å². The first-order valence-corrected chi connectivity index (χ1v) is 15.0. The number of amides is 2. The molecular formula is C32H45N5O3. The van der Waals surface area contributed by atoms with Crippen LogP contribution in [0.2, 0.25) is 0 Å². The van der Waals surface area contributed by atoms with E-state index in [4.69, 9.17) is 9.72 Å². The molecule has 3 N–H and O–H groups in total. The molecule has 8 nitrogen and oxygen atoms in total. The van der Waals surface area contributed by atoms with Crippen LogP contribution in [0.25, 0.3) is 11.1 Å². The summed E-state index contributed by atoms with van der Waals surface area (Å²) in [6, 6.07) is 8.22. The molecule has 3 aliphatic heterocycles. The number of anilines is 1. The fourth-order valence-corrected chi connectivity index (χ4v) is 6.38. The fourth-order valence-electron chi connectivity index (χ4n) is 6.38. The van der Waals surface area contributed by atoms with Crippen LogP contribution >= 0.6 is 0 Å². The van der Waals surface area contributed by atoms with E-state index in [1.165, 1.54) is 0 Å². The molecule has 1 aromatic carbocycles. The Balaban J connectivity index is 1.41. The highest BCUT2D eigenvalue weighted by molar-refractivity contribution is 5.97. The molecule has 2 amide bonds. The molecule has 0 bridgehead atoms. The molecule has 1 aromatic heterocycles. The predicted molar refractivity (Wildman–Crippen MR) is 159 cm³/mol. The third kappa shape index (κ3) is 5.82. The Labute approximate surface area is 238 Å². The number of aromatic nitrogens is 1. The van der Waals surface area contributed by atoms with Crippen molar-refractivity contribution in [1.29, 1.82) is 0 Å². The lowest BCUT2D eigenvalue weighted by Crippen LogP contribution is -2.51. The summed E-state index contributed by atoms with van der Waals surface area (Å²) in [5, 5.41) is 9.55. The largest absolute Gasteiger partial charge is 0.486 e. The van der Waals surface area contributed by atoms with Gasteiger partial charge in [-0.1, -0.05) is 27.2 Å². The Morgan fingerprint density at radius 1 is 1.25 bits per heavy atom. The molecule has 4 atom stereocenters. The Hall–Kier alpha value is -3.13. The highest BCUT2D eigenvalue weighted by Crippen LogP contribution is 2.45. The van der Waals surface area contributed by atoms with Crippen molar-refractivity contribution in [3.8, 4) is 16.9 Å². The molecular weight excluding hydrogens is 502 g/mol. The summed E-state index contributed by atoms with van der Waals surface area (Å²) < 4.78 is 6.61. The Morgan fingerprint density at radius 2 is 2.02 bits per heavy atom. The van der Waals surface area contributed by atoms with Crippen LogP contribution in [-0.4, -0.2) is 61.2 Å². The quantitative estimate of drug-likeness (QED) is 0.459. The van der Waals surface area contributed by atoms with Gasteiger partial charge in [-0.05, 0) is 68.4 Å². The van der Waals surface area contributed by atoms with Gasteiger partial charge in [-0.15, -0.1) is 0 Å². The summed E-state index contributed by atoms with van der Waals surface area (Å²) in [5.74, 6) is 2.08. The molecule has 0 saturated carbocycles. The SMILES string of the molecule is CCCC1CC(C)NC(=O)C1CNC(=O)c1cc2c(c(-c3ccc(N4CCNCC4)nc3)c1)OC(C)(C(C)C)C2. The highest BCUT2D eigenvalue weighted by Gasteiger charge is 2.40. The molecule has 2 fully saturated rings. The second kappa shape index (κ2) is 11.8. The van der Waals surface area contributed by atoms with E-state index in [0.717, 1.165) is 80.1 Å². The zero-order valence-corrected chi connectivity index (χ0v) is 24.7. The van der Waals surface area contributed by atoms with Gasteiger partial charge in [-0.3, -0.25) is 9.59 Å². The zero-order chi connectivity index (χ0) is 28.4. The van der Waals surface area contributed by atoms with E-state index in [0.29, 0.717) is 18.0 Å². The number of pyridine rings is 1. The van der Waals surface area contributed by atoms with Gasteiger partial charge in [-0.2, -0.15) is 0 Å². The maximum absolute atomic E-state index is 13.6. The number of carbonyl (C=O) groups excluding carboxylic acids is 2. The van der Waals surface area contributed by atoms with E-state index >= 15 is 0 Å². The maximum atomic E-state index is 13.6. The van der Waals surface area contributed by atoms with Gasteiger partial charge < -0.3 is 25.6 Å². The number of nitrogens with zero attached hydrogens (tertiary/aromatic N) is 2. The second-order valence-electron chi connectivity index (χ2n) is 12.4. The third-order valence-corrected chi connectivity index (χ3v) is 9.12. The normalized spacial score (nSPS) is 26.3. The van der Waals surface area contributed by atoms with Gasteiger partial charge in [0.15, 0.2) is 0 Å². The molecule has 0 spiro atoms. The summed E-state index contributed by atoms with van der Waals surface area (Å²) in [5.41, 5.74) is 3.11. The van der Waals surface area contributed by atoms with Crippen LogP contribution in [0.1, 0.15) is 69.8 Å². The summed E-state index contributed by atoms with van der Waals surface area (Å²) in [7, 11) is 0. The average Bonchev–Trinajstić information content (AvgIpc) is 3.30. The first-order valence-electron chi connectivity index (χ1n) is 15.0. The lowest BCUT2D eigenvalue weighted by molar-refractivity contribution is -0.129. The maximum Gasteiger partial charge on any atom is 0.251 e. The number of rotatable bonds is 8. The number of hydrogen-bond acceptors (Lipinski definition) is 6. The number of fused-ring (bicyclic) bond motifs is 1. The number of benzene rings is 1. The minimum atomic E-state index is -0.343. The van der Waals surface area contributed by atoms with E-state index < -0.39 is 0 Å². The smallest absolute Gasteiger partial charge is 0.251 e. The topological polar surface area (TPSA) is 95.6 Å². The second-order valence-corrected chi connectivity index (χ2v) is 12.4. The van der Waals surface area contributed by atoms with Gasteiger partial charge >= 0.3 is 0 Å². The molecule has 4 heterocycles. The summed E-state index contributed by atoms with van der Waals surface area (Å²) >= 11 is 0. The minimum Gasteiger partial charge on any atom is -0.486 e. The number of hydrogen-bond donors (Lipinski definition) is 3. The predicted octanol–water partition coefficient (Wildman–Crippen LogP) is 4.18. The van der Waals surface area contributed by atoms with Gasteiger partial charge in [0.1, 0.15) is 17.2 Å². The molecule has 40 heavy (non-hydrogen) atoms. The van der Waals surface area contributed by atoms with Gasteiger partial charge in [0.2, 0.25) is 5.91 Å². The molecule has 5 rings (SSSR count). The van der Waals surface area contributed by atoms with E-state index in [1.807, 2.05) is 18.3 Å². The lowest BCUT2D eigenvalue weighted by atomic mass is 9.80. The summed E-state index contributed by atoms with van der Waals surface area (Å²) in [6.07, 6.45) is 5.60. The average molecular weight is 548 g/mol. The van der Waals surface area contributed by atoms with E-state index in [1.54, 1.807) is 0 Å². The highest BCUT2D eigenvalue weighted by atomic mass is 16.5. The van der Waals surface area contributed by atoms with Crippen LogP contribution in [-0.2, 0) is 11.2 Å². The number of nitrogens with one attached hydrogen (secondary N) is 3. The number of carbonyl (C=O) groups is 2. The number of piperazine rings is 1. The van der Waals surface area contributed by atoms with Gasteiger partial charge in [0.05, 0.1) is 5.92 Å². The standard InChI is InChI=1S/C32H45N5O3/c1-6-7-22-14-21(4)36-31(39)27(22)19-35-30(38)24-15-25-17-32(5,20(2)3)40-29(25)26(16-24)23-8-9-28(34-18-23)37-12-10-33-11-13-37/h8-9,15-16,18,20-22,27,33H,6-7,10-14,17,19H2,1-5H3,(H,35,38)(H,36,39). The molecule has 2 saturated heterocycles. The minimum absolute atomic E-state index is 0.0453. The first kappa shape index (κ1) is 28.4. The first-order chi connectivity index (χ1) is 19.2. The van der Waals surface area contributed by atoms with Crippen LogP contribution in [0.5, 0.6) is 5.75 Å². The van der Waals surface area contributed by atoms with E-state index in [2.05, 4.69) is 67.6 Å². The van der Waals surface area contributed by atoms with Crippen molar-refractivity contribution in [2.24, 2.45) is 17.8 Å². The molecule has 8 heteroatoms. The molecule has 3 aliphatic rings. The fraction of sp³-hybridized carbons (Fsp3) is 0.594. The number of piperidine rings is 1. The van der Waals surface area contributed by atoms with Gasteiger partial charge in [0, 0.05) is 68.1 Å². The Bertz CT molecular complexity index is 1220. The van der Waals surface area contributed by atoms with Crippen LogP contribution in [0.15, 0.2) is 30.5 Å². The van der Waals surface area contributed by atoms with Gasteiger partial charge in [-0.25, -0.2) is 4.98 Å². The van der Waals surface area contributed by atoms with Crippen molar-refractivity contribution in [3.05, 3.63) is 41.6 Å².